The molecule has 0 unspecified atom stereocenters. The lowest BCUT2D eigenvalue weighted by Gasteiger charge is -2.20. The molecular weight excluding hydrogens is 292 g/mol. The zero-order valence-electron chi connectivity index (χ0n) is 11.1. The summed E-state index contributed by atoms with van der Waals surface area (Å²) < 4.78 is 27.0. The topological polar surface area (TPSA) is 95.2 Å². The lowest BCUT2D eigenvalue weighted by atomic mass is 10.2. The smallest absolute Gasteiger partial charge is 0.265 e. The van der Waals surface area contributed by atoms with E-state index in [1.165, 1.54) is 12.4 Å². The SMILES string of the molecule is O=C1CCCN1c1ccccc1NS(=O)(=O)c1cn[nH]c1. The lowest BCUT2D eigenvalue weighted by Crippen LogP contribution is -2.25. The van der Waals surface area contributed by atoms with E-state index in [9.17, 15) is 13.2 Å². The van der Waals surface area contributed by atoms with Crippen LogP contribution in [0.4, 0.5) is 11.4 Å². The molecule has 110 valence electrons. The third-order valence-electron chi connectivity index (χ3n) is 3.30. The molecule has 0 aliphatic carbocycles. The monoisotopic (exact) mass is 306 g/mol. The summed E-state index contributed by atoms with van der Waals surface area (Å²) in [5, 5.41) is 6.10. The van der Waals surface area contributed by atoms with E-state index in [1.807, 2.05) is 0 Å². The number of rotatable bonds is 4. The Bertz CT molecular complexity index is 755. The minimum Gasteiger partial charge on any atom is -0.310 e. The van der Waals surface area contributed by atoms with Gasteiger partial charge in [-0.25, -0.2) is 8.42 Å². The van der Waals surface area contributed by atoms with Crippen LogP contribution in [0.1, 0.15) is 12.8 Å². The van der Waals surface area contributed by atoms with Crippen LogP contribution in [0.3, 0.4) is 0 Å². The summed E-state index contributed by atoms with van der Waals surface area (Å²) in [4.78, 5) is 13.5. The quantitative estimate of drug-likeness (QED) is 0.891. The number of anilines is 2. The Morgan fingerprint density at radius 3 is 2.76 bits per heavy atom. The van der Waals surface area contributed by atoms with Crippen LogP contribution in [-0.4, -0.2) is 31.1 Å². The highest BCUT2D eigenvalue weighted by Gasteiger charge is 2.25. The van der Waals surface area contributed by atoms with Gasteiger partial charge in [-0.3, -0.25) is 14.6 Å². The average Bonchev–Trinajstić information content (AvgIpc) is 3.10. The van der Waals surface area contributed by atoms with Crippen molar-refractivity contribution in [2.24, 2.45) is 0 Å². The van der Waals surface area contributed by atoms with Gasteiger partial charge in [-0.05, 0) is 18.6 Å². The number of carbonyl (C=O) groups excluding carboxylic acids is 1. The van der Waals surface area contributed by atoms with Gasteiger partial charge in [-0.15, -0.1) is 0 Å². The van der Waals surface area contributed by atoms with Crippen LogP contribution >= 0.6 is 0 Å². The summed E-state index contributed by atoms with van der Waals surface area (Å²) in [6, 6.07) is 6.86. The summed E-state index contributed by atoms with van der Waals surface area (Å²) in [6.45, 7) is 0.600. The van der Waals surface area contributed by atoms with Crippen molar-refractivity contribution in [3.63, 3.8) is 0 Å². The molecule has 1 saturated heterocycles. The van der Waals surface area contributed by atoms with Gasteiger partial charge < -0.3 is 4.90 Å². The molecule has 7 nitrogen and oxygen atoms in total. The maximum atomic E-state index is 12.2. The average molecular weight is 306 g/mol. The molecule has 1 fully saturated rings. The van der Waals surface area contributed by atoms with Crippen molar-refractivity contribution < 1.29 is 13.2 Å². The third-order valence-corrected chi connectivity index (χ3v) is 4.63. The molecule has 1 aromatic heterocycles. The highest BCUT2D eigenvalue weighted by Crippen LogP contribution is 2.30. The molecule has 0 bridgehead atoms. The number of hydrogen-bond acceptors (Lipinski definition) is 4. The van der Waals surface area contributed by atoms with Gasteiger partial charge in [0.2, 0.25) is 5.91 Å². The number of para-hydroxylation sites is 2. The molecule has 0 radical (unpaired) electrons. The van der Waals surface area contributed by atoms with Crippen molar-refractivity contribution in [1.82, 2.24) is 10.2 Å². The normalized spacial score (nSPS) is 15.4. The number of nitrogens with one attached hydrogen (secondary N) is 2. The van der Waals surface area contributed by atoms with Gasteiger partial charge in [0.25, 0.3) is 10.0 Å². The predicted octanol–water partition coefficient (Wildman–Crippen LogP) is 1.34. The molecule has 3 rings (SSSR count). The second kappa shape index (κ2) is 5.21. The van der Waals surface area contributed by atoms with E-state index in [-0.39, 0.29) is 10.8 Å². The lowest BCUT2D eigenvalue weighted by molar-refractivity contribution is -0.117. The van der Waals surface area contributed by atoms with Crippen LogP contribution in [0.15, 0.2) is 41.6 Å². The van der Waals surface area contributed by atoms with Crippen molar-refractivity contribution in [3.8, 4) is 0 Å². The third kappa shape index (κ3) is 2.62. The maximum Gasteiger partial charge on any atom is 0.265 e. The number of benzene rings is 1. The van der Waals surface area contributed by atoms with E-state index in [0.29, 0.717) is 24.3 Å². The second-order valence-electron chi connectivity index (χ2n) is 4.71. The minimum absolute atomic E-state index is 0.00459. The first kappa shape index (κ1) is 13.6. The van der Waals surface area contributed by atoms with Gasteiger partial charge in [0.05, 0.1) is 17.6 Å². The van der Waals surface area contributed by atoms with Crippen LogP contribution in [0.5, 0.6) is 0 Å². The summed E-state index contributed by atoms with van der Waals surface area (Å²) in [6.07, 6.45) is 3.79. The van der Waals surface area contributed by atoms with Gasteiger partial charge in [0.15, 0.2) is 0 Å². The molecule has 2 aromatic rings. The minimum atomic E-state index is -3.72. The van der Waals surface area contributed by atoms with Crippen molar-refractivity contribution in [2.75, 3.05) is 16.2 Å². The summed E-state index contributed by atoms with van der Waals surface area (Å²) in [5.41, 5.74) is 0.959. The number of hydrogen-bond donors (Lipinski definition) is 2. The second-order valence-corrected chi connectivity index (χ2v) is 6.39. The molecule has 0 atom stereocenters. The Morgan fingerprint density at radius 2 is 2.10 bits per heavy atom. The zero-order valence-corrected chi connectivity index (χ0v) is 11.9. The zero-order chi connectivity index (χ0) is 14.9. The first-order chi connectivity index (χ1) is 10.1. The van der Waals surface area contributed by atoms with Crippen molar-refractivity contribution in [3.05, 3.63) is 36.7 Å². The summed E-state index contributed by atoms with van der Waals surface area (Å²) in [7, 11) is -3.72. The van der Waals surface area contributed by atoms with Crippen molar-refractivity contribution in [1.29, 1.82) is 0 Å². The van der Waals surface area contributed by atoms with Gasteiger partial charge in [-0.2, -0.15) is 5.10 Å². The molecule has 1 aliphatic heterocycles. The number of nitrogens with zero attached hydrogens (tertiary/aromatic N) is 2. The van der Waals surface area contributed by atoms with Crippen LogP contribution in [0.25, 0.3) is 0 Å². The Balaban J connectivity index is 1.95. The van der Waals surface area contributed by atoms with E-state index in [0.717, 1.165) is 6.42 Å². The Labute approximate surface area is 122 Å². The molecule has 2 heterocycles. The maximum absolute atomic E-state index is 12.2. The van der Waals surface area contributed by atoms with Crippen LogP contribution in [0.2, 0.25) is 0 Å². The van der Waals surface area contributed by atoms with Crippen LogP contribution < -0.4 is 9.62 Å². The highest BCUT2D eigenvalue weighted by molar-refractivity contribution is 7.92. The molecule has 0 spiro atoms. The molecule has 2 N–H and O–H groups in total. The predicted molar refractivity (Wildman–Crippen MR) is 77.4 cm³/mol. The number of amides is 1. The highest BCUT2D eigenvalue weighted by atomic mass is 32.2. The number of aromatic nitrogens is 2. The fraction of sp³-hybridized carbons (Fsp3) is 0.231. The molecule has 1 aliphatic rings. The van der Waals surface area contributed by atoms with E-state index in [4.69, 9.17) is 0 Å². The van der Waals surface area contributed by atoms with E-state index in [2.05, 4.69) is 14.9 Å². The first-order valence-electron chi connectivity index (χ1n) is 6.49. The molecule has 1 aromatic carbocycles. The fourth-order valence-electron chi connectivity index (χ4n) is 2.29. The summed E-state index contributed by atoms with van der Waals surface area (Å²) in [5.74, 6) is 0.00459. The van der Waals surface area contributed by atoms with Gasteiger partial charge in [-0.1, -0.05) is 12.1 Å². The fourth-order valence-corrected chi connectivity index (χ4v) is 3.27. The number of sulfonamides is 1. The number of aromatic amines is 1. The van der Waals surface area contributed by atoms with Crippen LogP contribution in [-0.2, 0) is 14.8 Å². The van der Waals surface area contributed by atoms with E-state index >= 15 is 0 Å². The number of carbonyl (C=O) groups is 1. The largest absolute Gasteiger partial charge is 0.310 e. The number of H-pyrrole nitrogens is 1. The van der Waals surface area contributed by atoms with Crippen molar-refractivity contribution in [2.45, 2.75) is 17.7 Å². The molecule has 1 amide bonds. The van der Waals surface area contributed by atoms with Gasteiger partial charge >= 0.3 is 0 Å². The summed E-state index contributed by atoms with van der Waals surface area (Å²) >= 11 is 0. The molecule has 8 heteroatoms. The first-order valence-corrected chi connectivity index (χ1v) is 7.97. The van der Waals surface area contributed by atoms with E-state index in [1.54, 1.807) is 29.2 Å². The van der Waals surface area contributed by atoms with E-state index < -0.39 is 10.0 Å². The molecule has 0 saturated carbocycles. The van der Waals surface area contributed by atoms with Gasteiger partial charge in [0, 0.05) is 19.2 Å². The van der Waals surface area contributed by atoms with Gasteiger partial charge in [0.1, 0.15) is 4.90 Å². The molecular formula is C13H14N4O3S. The Hall–Kier alpha value is -2.35. The van der Waals surface area contributed by atoms with Crippen LogP contribution in [0, 0.1) is 0 Å². The standard InChI is InChI=1S/C13H14N4O3S/c18-13-6-3-7-17(13)12-5-2-1-4-11(12)16-21(19,20)10-8-14-15-9-10/h1-2,4-5,8-9,16H,3,6-7H2,(H,14,15). The Morgan fingerprint density at radius 1 is 1.29 bits per heavy atom. The molecule has 21 heavy (non-hydrogen) atoms. The Kier molecular flexibility index (Phi) is 3.38. The van der Waals surface area contributed by atoms with Crippen molar-refractivity contribution >= 4 is 27.3 Å².